The second-order valence-electron chi connectivity index (χ2n) is 4.85. The fraction of sp³-hybridized carbons (Fsp3) is 0.286. The number of aromatic nitrogens is 2. The zero-order chi connectivity index (χ0) is 15.6. The first-order valence-corrected chi connectivity index (χ1v) is 7.84. The largest absolute Gasteiger partial charge is 0.308 e. The molecule has 0 saturated heterocycles. The molecule has 0 aliphatic rings. The van der Waals surface area contributed by atoms with Crippen molar-refractivity contribution in [2.24, 2.45) is 0 Å². The number of nitrogens with zero attached hydrogens (tertiary/aromatic N) is 3. The Balaban J connectivity index is 2.36. The molecular weight excluding hydrogens is 405 g/mol. The molecule has 0 saturated carbocycles. The smallest absolute Gasteiger partial charge is 0.212 e. The molecule has 21 heavy (non-hydrogen) atoms. The molecular formula is C14H14Br2FN3O. The number of ketones is 1. The molecule has 0 aliphatic heterocycles. The summed E-state index contributed by atoms with van der Waals surface area (Å²) in [6.45, 7) is 1.33. The number of likely N-dealkylation sites (N-methyl/N-ethyl adjacent to an activating group) is 1. The number of halogens is 3. The molecule has 1 heterocycles. The summed E-state index contributed by atoms with van der Waals surface area (Å²) in [4.78, 5) is 14.6. The third kappa shape index (κ3) is 3.99. The highest BCUT2D eigenvalue weighted by Crippen LogP contribution is 2.22. The standard InChI is InChI=1S/C14H14Br2FN3O/c1-19(2)3-4-20-13(12(16)8-18-20)14(21)9-5-10(15)7-11(17)6-9/h5-8H,3-4H2,1-2H3. The summed E-state index contributed by atoms with van der Waals surface area (Å²) in [5, 5.41) is 4.20. The van der Waals surface area contributed by atoms with Gasteiger partial charge in [0.15, 0.2) is 0 Å². The molecule has 0 aliphatic carbocycles. The lowest BCUT2D eigenvalue weighted by molar-refractivity contribution is 0.102. The minimum Gasteiger partial charge on any atom is -0.308 e. The maximum Gasteiger partial charge on any atom is 0.212 e. The van der Waals surface area contributed by atoms with Crippen LogP contribution in [0.5, 0.6) is 0 Å². The molecule has 2 rings (SSSR count). The van der Waals surface area contributed by atoms with Crippen LogP contribution in [-0.4, -0.2) is 41.1 Å². The van der Waals surface area contributed by atoms with Crippen molar-refractivity contribution in [3.63, 3.8) is 0 Å². The molecule has 1 aromatic carbocycles. The molecule has 0 atom stereocenters. The highest BCUT2D eigenvalue weighted by molar-refractivity contribution is 9.10. The highest BCUT2D eigenvalue weighted by Gasteiger charge is 2.20. The fourth-order valence-corrected chi connectivity index (χ4v) is 2.82. The van der Waals surface area contributed by atoms with E-state index in [9.17, 15) is 9.18 Å². The van der Waals surface area contributed by atoms with Gasteiger partial charge < -0.3 is 4.90 Å². The fourth-order valence-electron chi connectivity index (χ4n) is 1.87. The summed E-state index contributed by atoms with van der Waals surface area (Å²) >= 11 is 6.53. The first kappa shape index (κ1) is 16.3. The van der Waals surface area contributed by atoms with Crippen molar-refractivity contribution < 1.29 is 9.18 Å². The number of carbonyl (C=O) groups is 1. The number of benzene rings is 1. The Morgan fingerprint density at radius 1 is 1.33 bits per heavy atom. The summed E-state index contributed by atoms with van der Waals surface area (Å²) in [5.41, 5.74) is 0.712. The Hall–Kier alpha value is -1.05. The van der Waals surface area contributed by atoms with Gasteiger partial charge in [0.1, 0.15) is 11.5 Å². The quantitative estimate of drug-likeness (QED) is 0.699. The lowest BCUT2D eigenvalue weighted by Crippen LogP contribution is -2.21. The van der Waals surface area contributed by atoms with E-state index in [-0.39, 0.29) is 11.3 Å². The van der Waals surface area contributed by atoms with E-state index >= 15 is 0 Å². The predicted octanol–water partition coefficient (Wildman–Crippen LogP) is 3.34. The van der Waals surface area contributed by atoms with E-state index < -0.39 is 5.82 Å². The molecule has 0 N–H and O–H groups in total. The predicted molar refractivity (Wildman–Crippen MR) is 86.0 cm³/mol. The third-order valence-electron chi connectivity index (χ3n) is 2.89. The Bertz CT molecular complexity index is 650. The van der Waals surface area contributed by atoms with Crippen LogP contribution in [-0.2, 0) is 6.54 Å². The van der Waals surface area contributed by atoms with Gasteiger partial charge in [0, 0.05) is 16.6 Å². The van der Waals surface area contributed by atoms with Gasteiger partial charge in [0.25, 0.3) is 0 Å². The van der Waals surface area contributed by atoms with Crippen molar-refractivity contribution >= 4 is 37.6 Å². The van der Waals surface area contributed by atoms with Crippen molar-refractivity contribution in [1.82, 2.24) is 14.7 Å². The number of hydrogen-bond acceptors (Lipinski definition) is 3. The molecule has 2 aromatic rings. The summed E-state index contributed by atoms with van der Waals surface area (Å²) in [5.74, 6) is -0.721. The Morgan fingerprint density at radius 2 is 2.05 bits per heavy atom. The Morgan fingerprint density at radius 3 is 2.67 bits per heavy atom. The van der Waals surface area contributed by atoms with Gasteiger partial charge in [-0.05, 0) is 48.2 Å². The minimum absolute atomic E-state index is 0.265. The zero-order valence-corrected chi connectivity index (χ0v) is 14.8. The maximum atomic E-state index is 13.5. The van der Waals surface area contributed by atoms with E-state index in [1.54, 1.807) is 16.9 Å². The molecule has 0 bridgehead atoms. The molecule has 0 unspecified atom stereocenters. The highest BCUT2D eigenvalue weighted by atomic mass is 79.9. The van der Waals surface area contributed by atoms with Crippen LogP contribution >= 0.6 is 31.9 Å². The SMILES string of the molecule is CN(C)CCn1ncc(Br)c1C(=O)c1cc(F)cc(Br)c1. The van der Waals surface area contributed by atoms with E-state index in [0.29, 0.717) is 21.2 Å². The molecule has 0 radical (unpaired) electrons. The van der Waals surface area contributed by atoms with Gasteiger partial charge in [-0.15, -0.1) is 0 Å². The average Bonchev–Trinajstić information content (AvgIpc) is 2.75. The van der Waals surface area contributed by atoms with E-state index in [1.165, 1.54) is 12.1 Å². The third-order valence-corrected chi connectivity index (χ3v) is 3.93. The molecule has 7 heteroatoms. The number of hydrogen-bond donors (Lipinski definition) is 0. The normalized spacial score (nSPS) is 11.1. The lowest BCUT2D eigenvalue weighted by atomic mass is 10.1. The van der Waals surface area contributed by atoms with Gasteiger partial charge in [0.2, 0.25) is 5.78 Å². The van der Waals surface area contributed by atoms with Crippen LogP contribution in [0.2, 0.25) is 0 Å². The molecule has 0 amide bonds. The van der Waals surface area contributed by atoms with Gasteiger partial charge in [-0.25, -0.2) is 4.39 Å². The monoisotopic (exact) mass is 417 g/mol. The van der Waals surface area contributed by atoms with Crippen molar-refractivity contribution in [3.05, 3.63) is 50.4 Å². The Kier molecular flexibility index (Phi) is 5.29. The molecule has 112 valence electrons. The van der Waals surface area contributed by atoms with E-state index in [0.717, 1.165) is 6.54 Å². The zero-order valence-electron chi connectivity index (χ0n) is 11.6. The van der Waals surface area contributed by atoms with E-state index in [1.807, 2.05) is 19.0 Å². The van der Waals surface area contributed by atoms with E-state index in [2.05, 4.69) is 37.0 Å². The summed E-state index contributed by atoms with van der Waals surface area (Å²) in [7, 11) is 3.90. The molecule has 0 fully saturated rings. The van der Waals surface area contributed by atoms with Crippen LogP contribution in [0.3, 0.4) is 0 Å². The van der Waals surface area contributed by atoms with Gasteiger partial charge in [-0.1, -0.05) is 15.9 Å². The van der Waals surface area contributed by atoms with Crippen LogP contribution in [0.4, 0.5) is 4.39 Å². The molecule has 0 spiro atoms. The van der Waals surface area contributed by atoms with Crippen molar-refractivity contribution in [1.29, 1.82) is 0 Å². The van der Waals surface area contributed by atoms with Crippen LogP contribution in [0.15, 0.2) is 33.3 Å². The first-order valence-electron chi connectivity index (χ1n) is 6.25. The topological polar surface area (TPSA) is 38.1 Å². The minimum atomic E-state index is -0.455. The van der Waals surface area contributed by atoms with Crippen LogP contribution in [0, 0.1) is 5.82 Å². The van der Waals surface area contributed by atoms with Crippen LogP contribution < -0.4 is 0 Å². The average molecular weight is 419 g/mol. The second kappa shape index (κ2) is 6.81. The van der Waals surface area contributed by atoms with Crippen LogP contribution in [0.25, 0.3) is 0 Å². The molecule has 1 aromatic heterocycles. The van der Waals surface area contributed by atoms with E-state index in [4.69, 9.17) is 0 Å². The molecule has 4 nitrogen and oxygen atoms in total. The maximum absolute atomic E-state index is 13.5. The summed E-state index contributed by atoms with van der Waals surface area (Å²) in [6, 6.07) is 4.14. The number of carbonyl (C=O) groups excluding carboxylic acids is 1. The summed E-state index contributed by atoms with van der Waals surface area (Å²) < 4.78 is 16.2. The van der Waals surface area contributed by atoms with Crippen LogP contribution in [0.1, 0.15) is 16.1 Å². The second-order valence-corrected chi connectivity index (χ2v) is 6.62. The lowest BCUT2D eigenvalue weighted by Gasteiger charge is -2.12. The van der Waals surface area contributed by atoms with Crippen molar-refractivity contribution in [2.45, 2.75) is 6.54 Å². The van der Waals surface area contributed by atoms with Gasteiger partial charge in [-0.3, -0.25) is 9.48 Å². The van der Waals surface area contributed by atoms with Gasteiger partial charge in [-0.2, -0.15) is 5.10 Å². The van der Waals surface area contributed by atoms with Crippen molar-refractivity contribution in [3.8, 4) is 0 Å². The number of rotatable bonds is 5. The van der Waals surface area contributed by atoms with Gasteiger partial charge >= 0.3 is 0 Å². The Labute approximate surface area is 139 Å². The van der Waals surface area contributed by atoms with Gasteiger partial charge in [0.05, 0.1) is 17.2 Å². The first-order chi connectivity index (χ1) is 9.88. The summed E-state index contributed by atoms with van der Waals surface area (Å²) in [6.07, 6.45) is 1.58. The van der Waals surface area contributed by atoms with Crippen molar-refractivity contribution in [2.75, 3.05) is 20.6 Å².